The topological polar surface area (TPSA) is 18.5 Å². The first-order chi connectivity index (χ1) is 8.29. The number of hydrogen-bond donors (Lipinski definition) is 0. The Morgan fingerprint density at radius 2 is 2.12 bits per heavy atom. The molecule has 92 valence electrons. The molecule has 3 heteroatoms. The van der Waals surface area contributed by atoms with Gasteiger partial charge in [-0.2, -0.15) is 0 Å². The van der Waals surface area contributed by atoms with E-state index in [1.807, 2.05) is 19.9 Å². The summed E-state index contributed by atoms with van der Waals surface area (Å²) in [5.41, 5.74) is 0. The second-order valence-electron chi connectivity index (χ2n) is 3.94. The van der Waals surface area contributed by atoms with E-state index in [-0.39, 0.29) is 6.29 Å². The minimum absolute atomic E-state index is 0.0554. The lowest BCUT2D eigenvalue weighted by Gasteiger charge is -2.26. The highest BCUT2D eigenvalue weighted by atomic mass is 32.2. The van der Waals surface area contributed by atoms with Crippen LogP contribution in [0.2, 0.25) is 0 Å². The smallest absolute Gasteiger partial charge is 0.199 e. The molecule has 1 aromatic rings. The number of ether oxygens (including phenoxy) is 2. The van der Waals surface area contributed by atoms with Crippen molar-refractivity contribution < 1.29 is 9.47 Å². The van der Waals surface area contributed by atoms with E-state index >= 15 is 0 Å². The summed E-state index contributed by atoms with van der Waals surface area (Å²) in [6.07, 6.45) is 1.93. The van der Waals surface area contributed by atoms with Gasteiger partial charge in [0.2, 0.25) is 0 Å². The van der Waals surface area contributed by atoms with Crippen molar-refractivity contribution in [2.75, 3.05) is 6.61 Å². The van der Waals surface area contributed by atoms with E-state index in [0.29, 0.717) is 6.61 Å². The predicted molar refractivity (Wildman–Crippen MR) is 70.7 cm³/mol. The first-order valence-corrected chi connectivity index (χ1v) is 6.82. The molecule has 0 N–H and O–H groups in total. The summed E-state index contributed by atoms with van der Waals surface area (Å²) in [6, 6.07) is 10.4. The maximum atomic E-state index is 5.75. The zero-order valence-electron chi connectivity index (χ0n) is 10.3. The molecule has 0 saturated carbocycles. The molecule has 2 nitrogen and oxygen atoms in total. The Bertz CT molecular complexity index is 386. The first-order valence-electron chi connectivity index (χ1n) is 6.00. The summed E-state index contributed by atoms with van der Waals surface area (Å²) in [4.78, 5) is 2.58. The van der Waals surface area contributed by atoms with E-state index in [0.717, 1.165) is 18.6 Å². The Balaban J connectivity index is 2.00. The standard InChI is InChI=1S/C14H18O2S/c1-3-15-14-10-9-13(11(2)16-14)17-12-7-5-4-6-8-12/h4-8,14H,3,9-10H2,1-2H3. The molecule has 0 saturated heterocycles. The van der Waals surface area contributed by atoms with Crippen molar-refractivity contribution in [2.45, 2.75) is 37.9 Å². The van der Waals surface area contributed by atoms with Gasteiger partial charge < -0.3 is 9.47 Å². The van der Waals surface area contributed by atoms with E-state index in [9.17, 15) is 0 Å². The van der Waals surface area contributed by atoms with Gasteiger partial charge in [0.05, 0.1) is 0 Å². The van der Waals surface area contributed by atoms with Crippen LogP contribution >= 0.6 is 11.8 Å². The molecule has 1 aliphatic heterocycles. The molecule has 1 aromatic carbocycles. The van der Waals surface area contributed by atoms with Gasteiger partial charge in [-0.15, -0.1) is 0 Å². The second kappa shape index (κ2) is 6.12. The van der Waals surface area contributed by atoms with Crippen LogP contribution in [-0.2, 0) is 9.47 Å². The summed E-state index contributed by atoms with van der Waals surface area (Å²) in [5.74, 6) is 1.00. The molecule has 0 radical (unpaired) electrons. The minimum atomic E-state index is -0.0554. The molecule has 0 aliphatic carbocycles. The van der Waals surface area contributed by atoms with Crippen molar-refractivity contribution >= 4 is 11.8 Å². The highest BCUT2D eigenvalue weighted by molar-refractivity contribution is 8.03. The fourth-order valence-corrected chi connectivity index (χ4v) is 2.79. The van der Waals surface area contributed by atoms with Gasteiger partial charge in [-0.3, -0.25) is 0 Å². The number of allylic oxidation sites excluding steroid dienone is 2. The molecule has 0 bridgehead atoms. The average molecular weight is 250 g/mol. The molecule has 0 spiro atoms. The summed E-state index contributed by atoms with van der Waals surface area (Å²) in [7, 11) is 0. The average Bonchev–Trinajstić information content (AvgIpc) is 2.34. The molecule has 1 unspecified atom stereocenters. The quantitative estimate of drug-likeness (QED) is 0.798. The minimum Gasteiger partial charge on any atom is -0.469 e. The summed E-state index contributed by atoms with van der Waals surface area (Å²) < 4.78 is 11.2. The first kappa shape index (κ1) is 12.5. The van der Waals surface area contributed by atoms with Gasteiger partial charge in [-0.05, 0) is 32.4 Å². The lowest BCUT2D eigenvalue weighted by Crippen LogP contribution is -2.20. The zero-order valence-corrected chi connectivity index (χ0v) is 11.1. The van der Waals surface area contributed by atoms with Gasteiger partial charge in [-0.1, -0.05) is 30.0 Å². The van der Waals surface area contributed by atoms with Crippen LogP contribution in [0.4, 0.5) is 0 Å². The van der Waals surface area contributed by atoms with Crippen LogP contribution in [0.5, 0.6) is 0 Å². The van der Waals surface area contributed by atoms with Crippen LogP contribution in [0.3, 0.4) is 0 Å². The van der Waals surface area contributed by atoms with Gasteiger partial charge in [0.25, 0.3) is 0 Å². The molecule has 2 rings (SSSR count). The largest absolute Gasteiger partial charge is 0.469 e. The van der Waals surface area contributed by atoms with Gasteiger partial charge in [0.15, 0.2) is 6.29 Å². The SMILES string of the molecule is CCOC1CCC(Sc2ccccc2)=C(C)O1. The van der Waals surface area contributed by atoms with Gasteiger partial charge in [-0.25, -0.2) is 0 Å². The number of thioether (sulfide) groups is 1. The fourth-order valence-electron chi connectivity index (χ4n) is 1.80. The predicted octanol–water partition coefficient (Wildman–Crippen LogP) is 4.18. The monoisotopic (exact) mass is 250 g/mol. The van der Waals surface area contributed by atoms with Crippen molar-refractivity contribution in [2.24, 2.45) is 0 Å². The molecule has 0 fully saturated rings. The van der Waals surface area contributed by atoms with Crippen molar-refractivity contribution in [3.8, 4) is 0 Å². The molecule has 0 aromatic heterocycles. The maximum absolute atomic E-state index is 5.75. The fraction of sp³-hybridized carbons (Fsp3) is 0.429. The van der Waals surface area contributed by atoms with E-state index < -0.39 is 0 Å². The Morgan fingerprint density at radius 3 is 2.76 bits per heavy atom. The summed E-state index contributed by atoms with van der Waals surface area (Å²) >= 11 is 1.79. The molecule has 1 aliphatic rings. The number of rotatable bonds is 4. The van der Waals surface area contributed by atoms with E-state index in [1.165, 1.54) is 9.80 Å². The third kappa shape index (κ3) is 3.51. The maximum Gasteiger partial charge on any atom is 0.199 e. The van der Waals surface area contributed by atoms with Gasteiger partial charge in [0.1, 0.15) is 5.76 Å². The Hall–Kier alpha value is -0.930. The van der Waals surface area contributed by atoms with Crippen molar-refractivity contribution in [1.82, 2.24) is 0 Å². The third-order valence-corrected chi connectivity index (χ3v) is 3.89. The van der Waals surface area contributed by atoms with Crippen LogP contribution in [0.1, 0.15) is 26.7 Å². The summed E-state index contributed by atoms with van der Waals surface area (Å²) in [5, 5.41) is 0. The lowest BCUT2D eigenvalue weighted by atomic mass is 10.2. The molecular formula is C14H18O2S. The van der Waals surface area contributed by atoms with Crippen LogP contribution in [-0.4, -0.2) is 12.9 Å². The van der Waals surface area contributed by atoms with Crippen LogP contribution in [0.25, 0.3) is 0 Å². The summed E-state index contributed by atoms with van der Waals surface area (Å²) in [6.45, 7) is 4.73. The van der Waals surface area contributed by atoms with Gasteiger partial charge >= 0.3 is 0 Å². The Kier molecular flexibility index (Phi) is 4.51. The van der Waals surface area contributed by atoms with Crippen molar-refractivity contribution in [3.63, 3.8) is 0 Å². The molecule has 1 heterocycles. The van der Waals surface area contributed by atoms with Gasteiger partial charge in [0, 0.05) is 22.8 Å². The van der Waals surface area contributed by atoms with E-state index in [2.05, 4.69) is 24.3 Å². The molecule has 1 atom stereocenters. The second-order valence-corrected chi connectivity index (χ2v) is 5.10. The lowest BCUT2D eigenvalue weighted by molar-refractivity contribution is -0.122. The Morgan fingerprint density at radius 1 is 1.35 bits per heavy atom. The van der Waals surface area contributed by atoms with Crippen molar-refractivity contribution in [1.29, 1.82) is 0 Å². The van der Waals surface area contributed by atoms with Crippen LogP contribution < -0.4 is 0 Å². The number of benzene rings is 1. The van der Waals surface area contributed by atoms with Crippen LogP contribution in [0.15, 0.2) is 45.9 Å². The highest BCUT2D eigenvalue weighted by Crippen LogP contribution is 2.36. The van der Waals surface area contributed by atoms with E-state index in [4.69, 9.17) is 9.47 Å². The third-order valence-electron chi connectivity index (χ3n) is 2.64. The van der Waals surface area contributed by atoms with E-state index in [1.54, 1.807) is 11.8 Å². The van der Waals surface area contributed by atoms with Crippen molar-refractivity contribution in [3.05, 3.63) is 41.0 Å². The molecule has 0 amide bonds. The van der Waals surface area contributed by atoms with Crippen LogP contribution in [0, 0.1) is 0 Å². The zero-order chi connectivity index (χ0) is 12.1. The number of hydrogen-bond acceptors (Lipinski definition) is 3. The molecular weight excluding hydrogens is 232 g/mol. The normalized spacial score (nSPS) is 20.2. The Labute approximate surface area is 107 Å². The molecule has 17 heavy (non-hydrogen) atoms. The highest BCUT2D eigenvalue weighted by Gasteiger charge is 2.20.